The van der Waals surface area contributed by atoms with Gasteiger partial charge in [0.2, 0.25) is 5.91 Å². The highest BCUT2D eigenvalue weighted by atomic mass is 16.1. The van der Waals surface area contributed by atoms with Crippen molar-refractivity contribution in [2.45, 2.75) is 59.9 Å². The first-order valence-electron chi connectivity index (χ1n) is 6.08. The Balaban J connectivity index is 3.83. The molecule has 0 aromatic heterocycles. The first-order valence-corrected chi connectivity index (χ1v) is 6.08. The molecule has 1 amide bonds. The van der Waals surface area contributed by atoms with Crippen molar-refractivity contribution in [1.29, 1.82) is 0 Å². The maximum absolute atomic E-state index is 11.6. The van der Waals surface area contributed by atoms with Crippen LogP contribution in [0.3, 0.4) is 0 Å². The molecule has 3 nitrogen and oxygen atoms in total. The minimum atomic E-state index is -0.257. The number of carbonyl (C=O) groups excluding carboxylic acids is 1. The molecule has 0 saturated heterocycles. The summed E-state index contributed by atoms with van der Waals surface area (Å²) in [5.74, 6) is 0.581. The largest absolute Gasteiger partial charge is 0.356 e. The van der Waals surface area contributed by atoms with Crippen molar-refractivity contribution in [3.63, 3.8) is 0 Å². The molecule has 0 spiro atoms. The van der Waals surface area contributed by atoms with E-state index in [0.29, 0.717) is 12.3 Å². The van der Waals surface area contributed by atoms with Crippen molar-refractivity contribution in [2.75, 3.05) is 6.54 Å². The molecule has 0 radical (unpaired) electrons. The van der Waals surface area contributed by atoms with Gasteiger partial charge in [-0.05, 0) is 31.6 Å². The predicted octanol–water partition coefficient (Wildman–Crippen LogP) is 2.30. The highest BCUT2D eigenvalue weighted by Crippen LogP contribution is 2.24. The highest BCUT2D eigenvalue weighted by molar-refractivity contribution is 5.75. The molecule has 1 atom stereocenters. The van der Waals surface area contributed by atoms with Gasteiger partial charge in [0.1, 0.15) is 0 Å². The van der Waals surface area contributed by atoms with Gasteiger partial charge >= 0.3 is 0 Å². The quantitative estimate of drug-likeness (QED) is 0.758. The van der Waals surface area contributed by atoms with Crippen LogP contribution in [0, 0.1) is 11.3 Å². The van der Waals surface area contributed by atoms with Gasteiger partial charge in [0, 0.05) is 18.5 Å². The molecule has 1 unspecified atom stereocenters. The Hall–Kier alpha value is -0.570. The Morgan fingerprint density at radius 2 is 1.75 bits per heavy atom. The van der Waals surface area contributed by atoms with Gasteiger partial charge in [-0.15, -0.1) is 0 Å². The highest BCUT2D eigenvalue weighted by Gasteiger charge is 2.20. The molecule has 0 rings (SSSR count). The summed E-state index contributed by atoms with van der Waals surface area (Å²) >= 11 is 0. The SMILES string of the molecule is CC(CNC(=O)CCC(C)(C)N)C(C)(C)C. The van der Waals surface area contributed by atoms with E-state index in [1.165, 1.54) is 0 Å². The number of nitrogens with one attached hydrogen (secondary N) is 1. The van der Waals surface area contributed by atoms with E-state index in [-0.39, 0.29) is 16.9 Å². The number of nitrogens with two attached hydrogens (primary N) is 1. The first kappa shape index (κ1) is 15.4. The third-order valence-electron chi connectivity index (χ3n) is 3.08. The lowest BCUT2D eigenvalue weighted by molar-refractivity contribution is -0.121. The standard InChI is InChI=1S/C13H28N2O/c1-10(12(2,3)4)9-15-11(16)7-8-13(5,6)14/h10H,7-9,14H2,1-6H3,(H,15,16). The molecule has 0 aromatic carbocycles. The fraction of sp³-hybridized carbons (Fsp3) is 0.923. The normalized spacial score (nSPS) is 14.7. The number of hydrogen-bond acceptors (Lipinski definition) is 2. The van der Waals surface area contributed by atoms with Crippen molar-refractivity contribution in [3.8, 4) is 0 Å². The smallest absolute Gasteiger partial charge is 0.220 e. The topological polar surface area (TPSA) is 55.1 Å². The number of amides is 1. The van der Waals surface area contributed by atoms with Crippen LogP contribution in [-0.2, 0) is 4.79 Å². The fourth-order valence-corrected chi connectivity index (χ4v) is 1.10. The van der Waals surface area contributed by atoms with Crippen molar-refractivity contribution in [1.82, 2.24) is 5.32 Å². The number of rotatable bonds is 5. The summed E-state index contributed by atoms with van der Waals surface area (Å²) in [6.45, 7) is 13.4. The van der Waals surface area contributed by atoms with E-state index in [2.05, 4.69) is 33.0 Å². The zero-order valence-corrected chi connectivity index (χ0v) is 11.7. The number of carbonyl (C=O) groups is 1. The lowest BCUT2D eigenvalue weighted by atomic mass is 9.82. The van der Waals surface area contributed by atoms with E-state index in [0.717, 1.165) is 13.0 Å². The molecule has 3 N–H and O–H groups in total. The Morgan fingerprint density at radius 3 is 2.12 bits per heavy atom. The molecule has 16 heavy (non-hydrogen) atoms. The zero-order valence-electron chi connectivity index (χ0n) is 11.7. The Bertz CT molecular complexity index is 223. The number of hydrogen-bond donors (Lipinski definition) is 2. The first-order chi connectivity index (χ1) is 7.02. The van der Waals surface area contributed by atoms with Crippen LogP contribution in [0.2, 0.25) is 0 Å². The van der Waals surface area contributed by atoms with E-state index >= 15 is 0 Å². The summed E-state index contributed by atoms with van der Waals surface area (Å²) in [5.41, 5.74) is 5.81. The minimum Gasteiger partial charge on any atom is -0.356 e. The second kappa shape index (κ2) is 5.67. The zero-order chi connectivity index (χ0) is 13.0. The molecule has 0 aromatic rings. The molecule has 3 heteroatoms. The van der Waals surface area contributed by atoms with E-state index < -0.39 is 0 Å². The lowest BCUT2D eigenvalue weighted by Crippen LogP contribution is -2.37. The van der Waals surface area contributed by atoms with Gasteiger partial charge in [0.05, 0.1) is 0 Å². The van der Waals surface area contributed by atoms with Crippen LogP contribution in [0.5, 0.6) is 0 Å². The molecule has 0 aliphatic heterocycles. The summed E-state index contributed by atoms with van der Waals surface area (Å²) in [6, 6.07) is 0. The van der Waals surface area contributed by atoms with Gasteiger partial charge < -0.3 is 11.1 Å². The average Bonchev–Trinajstić information content (AvgIpc) is 2.08. The van der Waals surface area contributed by atoms with E-state index in [9.17, 15) is 4.79 Å². The van der Waals surface area contributed by atoms with Gasteiger partial charge in [0.15, 0.2) is 0 Å². The minimum absolute atomic E-state index is 0.106. The fourth-order valence-electron chi connectivity index (χ4n) is 1.10. The third-order valence-corrected chi connectivity index (χ3v) is 3.08. The molecule has 0 fully saturated rings. The molecule has 96 valence electrons. The van der Waals surface area contributed by atoms with Crippen LogP contribution in [-0.4, -0.2) is 18.0 Å². The van der Waals surface area contributed by atoms with E-state index in [4.69, 9.17) is 5.73 Å². The second-order valence-electron chi connectivity index (χ2n) is 6.56. The summed E-state index contributed by atoms with van der Waals surface area (Å²) in [5, 5.41) is 2.97. The molecule has 0 aliphatic rings. The van der Waals surface area contributed by atoms with Crippen molar-refractivity contribution in [2.24, 2.45) is 17.1 Å². The van der Waals surface area contributed by atoms with Crippen LogP contribution in [0.15, 0.2) is 0 Å². The summed E-state index contributed by atoms with van der Waals surface area (Å²) < 4.78 is 0. The van der Waals surface area contributed by atoms with Crippen LogP contribution in [0.1, 0.15) is 54.4 Å². The van der Waals surface area contributed by atoms with Gasteiger partial charge in [0.25, 0.3) is 0 Å². The van der Waals surface area contributed by atoms with Crippen LogP contribution in [0.25, 0.3) is 0 Å². The van der Waals surface area contributed by atoms with E-state index in [1.54, 1.807) is 0 Å². The Labute approximate surface area is 100 Å². The Morgan fingerprint density at radius 1 is 1.25 bits per heavy atom. The maximum Gasteiger partial charge on any atom is 0.220 e. The monoisotopic (exact) mass is 228 g/mol. The van der Waals surface area contributed by atoms with Gasteiger partial charge in [-0.3, -0.25) is 4.79 Å². The van der Waals surface area contributed by atoms with Crippen molar-refractivity contribution < 1.29 is 4.79 Å². The predicted molar refractivity (Wildman–Crippen MR) is 69.1 cm³/mol. The van der Waals surface area contributed by atoms with Crippen molar-refractivity contribution >= 4 is 5.91 Å². The van der Waals surface area contributed by atoms with Crippen LogP contribution < -0.4 is 11.1 Å². The molecular formula is C13H28N2O. The third kappa shape index (κ3) is 7.69. The van der Waals surface area contributed by atoms with E-state index in [1.807, 2.05) is 13.8 Å². The lowest BCUT2D eigenvalue weighted by Gasteiger charge is -2.27. The molecule has 0 aliphatic carbocycles. The molecule has 0 saturated carbocycles. The molecular weight excluding hydrogens is 200 g/mol. The average molecular weight is 228 g/mol. The van der Waals surface area contributed by atoms with Gasteiger partial charge in [-0.1, -0.05) is 27.7 Å². The summed E-state index contributed by atoms with van der Waals surface area (Å²) in [6.07, 6.45) is 1.24. The van der Waals surface area contributed by atoms with Crippen LogP contribution >= 0.6 is 0 Å². The maximum atomic E-state index is 11.6. The van der Waals surface area contributed by atoms with Crippen molar-refractivity contribution in [3.05, 3.63) is 0 Å². The molecule has 0 heterocycles. The summed E-state index contributed by atoms with van der Waals surface area (Å²) in [4.78, 5) is 11.6. The second-order valence-corrected chi connectivity index (χ2v) is 6.56. The van der Waals surface area contributed by atoms with Gasteiger partial charge in [-0.25, -0.2) is 0 Å². The Kier molecular flexibility index (Phi) is 5.47. The summed E-state index contributed by atoms with van der Waals surface area (Å²) in [7, 11) is 0. The molecule has 0 bridgehead atoms. The van der Waals surface area contributed by atoms with Gasteiger partial charge in [-0.2, -0.15) is 0 Å². The van der Waals surface area contributed by atoms with Crippen LogP contribution in [0.4, 0.5) is 0 Å².